The van der Waals surface area contributed by atoms with E-state index in [4.69, 9.17) is 4.74 Å². The predicted octanol–water partition coefficient (Wildman–Crippen LogP) is 4.98. The van der Waals surface area contributed by atoms with Gasteiger partial charge in [0.05, 0.1) is 5.69 Å². The van der Waals surface area contributed by atoms with E-state index in [1.165, 1.54) is 5.56 Å². The van der Waals surface area contributed by atoms with Gasteiger partial charge < -0.3 is 10.1 Å². The Hall–Kier alpha value is -1.81. The van der Waals surface area contributed by atoms with Crippen molar-refractivity contribution < 1.29 is 9.53 Å². The number of hydrogen-bond donors (Lipinski definition) is 1. The number of ether oxygens (including phenoxy) is 1. The first kappa shape index (κ1) is 16.6. The third kappa shape index (κ3) is 4.34. The zero-order valence-corrected chi connectivity index (χ0v) is 14.6. The van der Waals surface area contributed by atoms with Crippen molar-refractivity contribution in [3.05, 3.63) is 58.6 Å². The van der Waals surface area contributed by atoms with Gasteiger partial charge in [0, 0.05) is 4.47 Å². The van der Waals surface area contributed by atoms with E-state index in [0.717, 1.165) is 10.2 Å². The van der Waals surface area contributed by atoms with E-state index < -0.39 is 6.10 Å². The molecule has 1 atom stereocenters. The van der Waals surface area contributed by atoms with Crippen LogP contribution in [0.4, 0.5) is 5.69 Å². The van der Waals surface area contributed by atoms with Crippen LogP contribution in [0.2, 0.25) is 0 Å². The molecule has 0 unspecified atom stereocenters. The molecule has 0 aliphatic carbocycles. The molecule has 1 amide bonds. The van der Waals surface area contributed by atoms with Crippen molar-refractivity contribution in [3.63, 3.8) is 0 Å². The second-order valence-corrected chi connectivity index (χ2v) is 6.31. The van der Waals surface area contributed by atoms with Crippen molar-refractivity contribution in [2.24, 2.45) is 0 Å². The maximum absolute atomic E-state index is 12.2. The molecular formula is C18H20BrNO2. The number of nitrogens with one attached hydrogen (secondary N) is 1. The number of para-hydroxylation sites is 1. The minimum absolute atomic E-state index is 0.181. The fourth-order valence-electron chi connectivity index (χ4n) is 1.99. The summed E-state index contributed by atoms with van der Waals surface area (Å²) in [6.07, 6.45) is -0.572. The molecule has 116 valence electrons. The van der Waals surface area contributed by atoms with E-state index in [9.17, 15) is 4.79 Å². The SMILES string of the molecule is CC(C)c1ccc(O[C@H](C)C(=O)Nc2ccccc2Br)cc1. The maximum Gasteiger partial charge on any atom is 0.265 e. The van der Waals surface area contributed by atoms with Crippen molar-refractivity contribution in [2.45, 2.75) is 32.8 Å². The van der Waals surface area contributed by atoms with Crippen molar-refractivity contribution >= 4 is 27.5 Å². The predicted molar refractivity (Wildman–Crippen MR) is 93.4 cm³/mol. The summed E-state index contributed by atoms with van der Waals surface area (Å²) in [5.74, 6) is 0.990. The molecule has 0 aliphatic rings. The van der Waals surface area contributed by atoms with E-state index in [0.29, 0.717) is 11.7 Å². The topological polar surface area (TPSA) is 38.3 Å². The molecule has 2 aromatic rings. The van der Waals surface area contributed by atoms with Gasteiger partial charge in [-0.15, -0.1) is 0 Å². The Morgan fingerprint density at radius 3 is 2.27 bits per heavy atom. The Morgan fingerprint density at radius 2 is 1.68 bits per heavy atom. The molecule has 0 fully saturated rings. The van der Waals surface area contributed by atoms with E-state index >= 15 is 0 Å². The van der Waals surface area contributed by atoms with E-state index in [2.05, 4.69) is 35.1 Å². The quantitative estimate of drug-likeness (QED) is 0.815. The van der Waals surface area contributed by atoms with Gasteiger partial charge >= 0.3 is 0 Å². The summed E-state index contributed by atoms with van der Waals surface area (Å²) >= 11 is 3.41. The smallest absolute Gasteiger partial charge is 0.265 e. The second kappa shape index (κ2) is 7.45. The Bertz CT molecular complexity index is 638. The van der Waals surface area contributed by atoms with Crippen LogP contribution in [0, 0.1) is 0 Å². The molecule has 0 aromatic heterocycles. The number of amides is 1. The molecule has 0 saturated heterocycles. The largest absolute Gasteiger partial charge is 0.481 e. The summed E-state index contributed by atoms with van der Waals surface area (Å²) < 4.78 is 6.54. The molecule has 2 rings (SSSR count). The number of carbonyl (C=O) groups is 1. The van der Waals surface area contributed by atoms with Gasteiger partial charge in [0.1, 0.15) is 5.75 Å². The fraction of sp³-hybridized carbons (Fsp3) is 0.278. The van der Waals surface area contributed by atoms with E-state index in [1.807, 2.05) is 48.5 Å². The summed E-state index contributed by atoms with van der Waals surface area (Å²) in [7, 11) is 0. The van der Waals surface area contributed by atoms with Crippen LogP contribution >= 0.6 is 15.9 Å². The first-order chi connectivity index (χ1) is 10.5. The Labute approximate surface area is 139 Å². The van der Waals surface area contributed by atoms with Gasteiger partial charge in [-0.1, -0.05) is 38.1 Å². The van der Waals surface area contributed by atoms with Gasteiger partial charge in [-0.25, -0.2) is 0 Å². The molecule has 0 aliphatic heterocycles. The van der Waals surface area contributed by atoms with Crippen LogP contribution in [0.15, 0.2) is 53.0 Å². The summed E-state index contributed by atoms with van der Waals surface area (Å²) in [4.78, 5) is 12.2. The van der Waals surface area contributed by atoms with Crippen LogP contribution in [0.3, 0.4) is 0 Å². The highest BCUT2D eigenvalue weighted by Gasteiger charge is 2.15. The van der Waals surface area contributed by atoms with Gasteiger partial charge in [-0.3, -0.25) is 4.79 Å². The average Bonchev–Trinajstić information content (AvgIpc) is 2.50. The summed E-state index contributed by atoms with van der Waals surface area (Å²) in [5.41, 5.74) is 1.98. The highest BCUT2D eigenvalue weighted by molar-refractivity contribution is 9.10. The molecule has 0 spiro atoms. The lowest BCUT2D eigenvalue weighted by Crippen LogP contribution is -2.30. The maximum atomic E-state index is 12.2. The molecule has 0 bridgehead atoms. The van der Waals surface area contributed by atoms with Crippen LogP contribution in [0.5, 0.6) is 5.75 Å². The molecule has 0 heterocycles. The van der Waals surface area contributed by atoms with Crippen LogP contribution in [-0.2, 0) is 4.79 Å². The van der Waals surface area contributed by atoms with Crippen molar-refractivity contribution in [1.82, 2.24) is 0 Å². The highest BCUT2D eigenvalue weighted by Crippen LogP contribution is 2.22. The Kier molecular flexibility index (Phi) is 5.61. The van der Waals surface area contributed by atoms with Gasteiger partial charge in [0.15, 0.2) is 6.10 Å². The molecule has 1 N–H and O–H groups in total. The number of benzene rings is 2. The van der Waals surface area contributed by atoms with Crippen molar-refractivity contribution in [2.75, 3.05) is 5.32 Å². The monoisotopic (exact) mass is 361 g/mol. The third-order valence-electron chi connectivity index (χ3n) is 3.36. The first-order valence-electron chi connectivity index (χ1n) is 7.29. The minimum atomic E-state index is -0.572. The molecule has 0 radical (unpaired) electrons. The Morgan fingerprint density at radius 1 is 1.05 bits per heavy atom. The van der Waals surface area contributed by atoms with Gasteiger partial charge in [0.2, 0.25) is 0 Å². The lowest BCUT2D eigenvalue weighted by atomic mass is 10.0. The van der Waals surface area contributed by atoms with Crippen molar-refractivity contribution in [1.29, 1.82) is 0 Å². The number of halogens is 1. The number of anilines is 1. The second-order valence-electron chi connectivity index (χ2n) is 5.45. The minimum Gasteiger partial charge on any atom is -0.481 e. The molecular weight excluding hydrogens is 342 g/mol. The molecule has 4 heteroatoms. The lowest BCUT2D eigenvalue weighted by molar-refractivity contribution is -0.122. The normalized spacial score (nSPS) is 12.0. The van der Waals surface area contributed by atoms with E-state index in [-0.39, 0.29) is 5.91 Å². The lowest BCUT2D eigenvalue weighted by Gasteiger charge is -2.16. The molecule has 2 aromatic carbocycles. The summed E-state index contributed by atoms with van der Waals surface area (Å²) in [6, 6.07) is 15.3. The molecule has 22 heavy (non-hydrogen) atoms. The molecule has 3 nitrogen and oxygen atoms in total. The third-order valence-corrected chi connectivity index (χ3v) is 4.05. The molecule has 0 saturated carbocycles. The standard InChI is InChI=1S/C18H20BrNO2/c1-12(2)14-8-10-15(11-9-14)22-13(3)18(21)20-17-7-5-4-6-16(17)19/h4-13H,1-3H3,(H,20,21)/t13-/m1/s1. The van der Waals surface area contributed by atoms with Gasteiger partial charge in [-0.05, 0) is 58.6 Å². The Balaban J connectivity index is 1.98. The zero-order valence-electron chi connectivity index (χ0n) is 13.0. The van der Waals surface area contributed by atoms with Crippen LogP contribution in [0.25, 0.3) is 0 Å². The average molecular weight is 362 g/mol. The highest BCUT2D eigenvalue weighted by atomic mass is 79.9. The first-order valence-corrected chi connectivity index (χ1v) is 8.08. The van der Waals surface area contributed by atoms with Crippen molar-refractivity contribution in [3.8, 4) is 5.75 Å². The number of hydrogen-bond acceptors (Lipinski definition) is 2. The fourth-order valence-corrected chi connectivity index (χ4v) is 2.37. The van der Waals surface area contributed by atoms with Gasteiger partial charge in [0.25, 0.3) is 5.91 Å². The van der Waals surface area contributed by atoms with Gasteiger partial charge in [-0.2, -0.15) is 0 Å². The van der Waals surface area contributed by atoms with Crippen LogP contribution in [-0.4, -0.2) is 12.0 Å². The summed E-state index contributed by atoms with van der Waals surface area (Å²) in [5, 5.41) is 2.85. The van der Waals surface area contributed by atoms with Crippen LogP contribution < -0.4 is 10.1 Å². The van der Waals surface area contributed by atoms with E-state index in [1.54, 1.807) is 6.92 Å². The number of rotatable bonds is 5. The zero-order chi connectivity index (χ0) is 16.1. The summed E-state index contributed by atoms with van der Waals surface area (Å²) in [6.45, 7) is 6.02. The number of carbonyl (C=O) groups excluding carboxylic acids is 1. The van der Waals surface area contributed by atoms with Crippen LogP contribution in [0.1, 0.15) is 32.3 Å².